The van der Waals surface area contributed by atoms with Crippen LogP contribution in [-0.4, -0.2) is 5.17 Å². The van der Waals surface area contributed by atoms with Crippen molar-refractivity contribution in [3.05, 3.63) is 167 Å². The van der Waals surface area contributed by atoms with E-state index in [4.69, 9.17) is 39.8 Å². The van der Waals surface area contributed by atoms with Gasteiger partial charge >= 0.3 is 0 Å². The molecule has 38 heavy (non-hydrogen) atoms. The van der Waals surface area contributed by atoms with Gasteiger partial charge in [0, 0.05) is 10.6 Å². The monoisotopic (exact) mass is 570 g/mol. The molecule has 0 atom stereocenters. The minimum Gasteiger partial charge on any atom is -0.199 e. The molecule has 0 unspecified atom stereocenters. The molecule has 0 bridgehead atoms. The highest BCUT2D eigenvalue weighted by molar-refractivity contribution is 7.99. The van der Waals surface area contributed by atoms with Crippen LogP contribution in [0.15, 0.2) is 156 Å². The van der Waals surface area contributed by atoms with E-state index >= 15 is 0 Å². The fraction of sp³-hybridized carbons (Fsp3) is 0. The van der Waals surface area contributed by atoms with Crippen molar-refractivity contribution in [2.24, 2.45) is 4.99 Å². The molecule has 5 aromatic rings. The standard InChI is InChI=1S/C33H24Cl3NP/c34-27-23-21-25(22-24-27)31(35)33(37-32(36)26-13-5-1-6-14-26)38(28-15-7-2-8-16-28,29-17-9-3-10-18-29)30-19-11-4-12-20-30/h1-24H/q+1/b33-31+,37-32-. The molecule has 0 radical (unpaired) electrons. The zero-order valence-electron chi connectivity index (χ0n) is 20.4. The molecule has 5 aromatic carbocycles. The molecule has 0 saturated carbocycles. The molecule has 0 spiro atoms. The summed E-state index contributed by atoms with van der Waals surface area (Å²) in [6.45, 7) is 0. The Morgan fingerprint density at radius 3 is 1.29 bits per heavy atom. The van der Waals surface area contributed by atoms with Crippen LogP contribution in [-0.2, 0) is 0 Å². The highest BCUT2D eigenvalue weighted by atomic mass is 35.5. The van der Waals surface area contributed by atoms with Crippen molar-refractivity contribution >= 4 is 68.2 Å². The molecule has 0 saturated heterocycles. The van der Waals surface area contributed by atoms with E-state index in [1.807, 2.05) is 72.8 Å². The van der Waals surface area contributed by atoms with Crippen molar-refractivity contribution in [1.29, 1.82) is 0 Å². The molecular weight excluding hydrogens is 548 g/mol. The maximum absolute atomic E-state index is 7.39. The quantitative estimate of drug-likeness (QED) is 0.137. The zero-order chi connectivity index (χ0) is 26.4. The minimum absolute atomic E-state index is 0.375. The SMILES string of the molecule is Cl/C(=N\C(=C(/Cl)c1ccc(Cl)cc1)[P+](c1ccccc1)(c1ccccc1)c1ccccc1)c1ccccc1. The number of nitrogens with zero attached hydrogens (tertiary/aromatic N) is 1. The largest absolute Gasteiger partial charge is 0.218 e. The summed E-state index contributed by atoms with van der Waals surface area (Å²) in [5.74, 6) is 0. The van der Waals surface area contributed by atoms with Crippen LogP contribution in [0.25, 0.3) is 5.03 Å². The summed E-state index contributed by atoms with van der Waals surface area (Å²) in [5, 5.41) is 4.92. The Bertz CT molecular complexity index is 1450. The van der Waals surface area contributed by atoms with Crippen LogP contribution in [0.5, 0.6) is 0 Å². The summed E-state index contributed by atoms with van der Waals surface area (Å²) in [5.41, 5.74) is 2.36. The van der Waals surface area contributed by atoms with Crippen molar-refractivity contribution in [3.8, 4) is 0 Å². The number of aliphatic imine (C=N–C) groups is 1. The molecule has 5 heteroatoms. The van der Waals surface area contributed by atoms with E-state index in [2.05, 4.69) is 72.8 Å². The topological polar surface area (TPSA) is 12.4 Å². The van der Waals surface area contributed by atoms with Gasteiger partial charge in [0.15, 0.2) is 7.26 Å². The van der Waals surface area contributed by atoms with Crippen molar-refractivity contribution in [2.75, 3.05) is 0 Å². The third-order valence-corrected chi connectivity index (χ3v) is 11.5. The first-order chi connectivity index (χ1) is 18.6. The predicted octanol–water partition coefficient (Wildman–Crippen LogP) is 8.88. The summed E-state index contributed by atoms with van der Waals surface area (Å²) in [4.78, 5) is 5.19. The van der Waals surface area contributed by atoms with Crippen LogP contribution in [0.4, 0.5) is 0 Å². The van der Waals surface area contributed by atoms with E-state index in [0.29, 0.717) is 15.2 Å². The Labute approximate surface area is 239 Å². The number of hydrogen-bond donors (Lipinski definition) is 0. The summed E-state index contributed by atoms with van der Waals surface area (Å²) >= 11 is 20.6. The van der Waals surface area contributed by atoms with Crippen LogP contribution < -0.4 is 15.9 Å². The highest BCUT2D eigenvalue weighted by Gasteiger charge is 2.52. The van der Waals surface area contributed by atoms with Crippen molar-refractivity contribution in [2.45, 2.75) is 0 Å². The van der Waals surface area contributed by atoms with Gasteiger partial charge < -0.3 is 0 Å². The number of rotatable bonds is 7. The van der Waals surface area contributed by atoms with Crippen molar-refractivity contribution in [3.63, 3.8) is 0 Å². The number of halogens is 3. The molecular formula is C33H24Cl3NP+. The third kappa shape index (κ3) is 5.35. The minimum atomic E-state index is -2.63. The van der Waals surface area contributed by atoms with E-state index in [-0.39, 0.29) is 0 Å². The van der Waals surface area contributed by atoms with Crippen LogP contribution in [0, 0.1) is 0 Å². The number of benzene rings is 5. The fourth-order valence-electron chi connectivity index (χ4n) is 4.50. The molecule has 5 rings (SSSR count). The average molecular weight is 572 g/mol. The van der Waals surface area contributed by atoms with Gasteiger partial charge in [-0.1, -0.05) is 132 Å². The van der Waals surface area contributed by atoms with Gasteiger partial charge in [-0.25, -0.2) is 0 Å². The molecule has 0 heterocycles. The van der Waals surface area contributed by atoms with E-state index in [0.717, 1.165) is 32.5 Å². The summed E-state index contributed by atoms with van der Waals surface area (Å²) in [6, 6.07) is 48.7. The van der Waals surface area contributed by atoms with Gasteiger partial charge in [0.25, 0.3) is 0 Å². The third-order valence-electron chi connectivity index (χ3n) is 6.26. The molecule has 0 fully saturated rings. The average Bonchev–Trinajstić information content (AvgIpc) is 2.99. The second kappa shape index (κ2) is 12.1. The van der Waals surface area contributed by atoms with E-state index in [9.17, 15) is 0 Å². The van der Waals surface area contributed by atoms with E-state index < -0.39 is 7.26 Å². The van der Waals surface area contributed by atoms with Crippen molar-refractivity contribution in [1.82, 2.24) is 0 Å². The molecule has 0 aromatic heterocycles. The van der Waals surface area contributed by atoms with Gasteiger partial charge in [0.2, 0.25) is 5.44 Å². The lowest BCUT2D eigenvalue weighted by Gasteiger charge is -2.28. The normalized spacial score (nSPS) is 12.7. The summed E-state index contributed by atoms with van der Waals surface area (Å²) in [6.07, 6.45) is 0. The van der Waals surface area contributed by atoms with Gasteiger partial charge in [-0.2, -0.15) is 4.99 Å². The smallest absolute Gasteiger partial charge is 0.199 e. The molecule has 186 valence electrons. The van der Waals surface area contributed by atoms with Gasteiger partial charge in [0.05, 0.1) is 0 Å². The Balaban J connectivity index is 1.94. The zero-order valence-corrected chi connectivity index (χ0v) is 23.5. The van der Waals surface area contributed by atoms with Crippen LogP contribution in [0.2, 0.25) is 5.02 Å². The lowest BCUT2D eigenvalue weighted by molar-refractivity contribution is 1.49. The molecule has 0 aliphatic carbocycles. The number of hydrogen-bond acceptors (Lipinski definition) is 1. The van der Waals surface area contributed by atoms with E-state index in [1.165, 1.54) is 0 Å². The Hall–Kier alpha value is -3.19. The lowest BCUT2D eigenvalue weighted by Crippen LogP contribution is -2.32. The maximum atomic E-state index is 7.39. The van der Waals surface area contributed by atoms with Crippen LogP contribution in [0.3, 0.4) is 0 Å². The molecule has 0 aliphatic rings. The molecule has 0 aliphatic heterocycles. The molecule has 1 nitrogen and oxygen atoms in total. The highest BCUT2D eigenvalue weighted by Crippen LogP contribution is 2.65. The van der Waals surface area contributed by atoms with Gasteiger partial charge in [-0.05, 0) is 54.1 Å². The second-order valence-electron chi connectivity index (χ2n) is 8.59. The molecule has 0 amide bonds. The Morgan fingerprint density at radius 1 is 0.474 bits per heavy atom. The summed E-state index contributed by atoms with van der Waals surface area (Å²) in [7, 11) is -2.63. The first kappa shape index (κ1) is 26.4. The summed E-state index contributed by atoms with van der Waals surface area (Å²) < 4.78 is 0. The van der Waals surface area contributed by atoms with Crippen molar-refractivity contribution < 1.29 is 0 Å². The predicted molar refractivity (Wildman–Crippen MR) is 168 cm³/mol. The lowest BCUT2D eigenvalue weighted by atomic mass is 10.2. The molecule has 0 N–H and O–H groups in total. The Kier molecular flexibility index (Phi) is 8.42. The Morgan fingerprint density at radius 2 is 0.868 bits per heavy atom. The van der Waals surface area contributed by atoms with Gasteiger partial charge in [0.1, 0.15) is 26.1 Å². The van der Waals surface area contributed by atoms with Crippen LogP contribution >= 0.6 is 42.1 Å². The fourth-order valence-corrected chi connectivity index (χ4v) is 9.60. The van der Waals surface area contributed by atoms with Crippen LogP contribution in [0.1, 0.15) is 11.1 Å². The van der Waals surface area contributed by atoms with Gasteiger partial charge in [-0.3, -0.25) is 0 Å². The van der Waals surface area contributed by atoms with E-state index in [1.54, 1.807) is 0 Å². The first-order valence-corrected chi connectivity index (χ1v) is 15.0. The second-order valence-corrected chi connectivity index (χ2v) is 13.1. The maximum Gasteiger partial charge on any atom is 0.218 e. The first-order valence-electron chi connectivity index (χ1n) is 12.1. The van der Waals surface area contributed by atoms with Gasteiger partial charge in [-0.15, -0.1) is 0 Å².